The Labute approximate surface area is 166 Å². The van der Waals surface area contributed by atoms with Gasteiger partial charge >= 0.3 is 0 Å². The van der Waals surface area contributed by atoms with Gasteiger partial charge in [-0.25, -0.2) is 9.67 Å². The molecule has 27 heavy (non-hydrogen) atoms. The molecule has 0 saturated carbocycles. The predicted molar refractivity (Wildman–Crippen MR) is 111 cm³/mol. The largest absolute Gasteiger partial charge is 0.347 e. The van der Waals surface area contributed by atoms with E-state index in [4.69, 9.17) is 11.6 Å². The third-order valence-electron chi connectivity index (χ3n) is 4.18. The Kier molecular flexibility index (Phi) is 5.27. The van der Waals surface area contributed by atoms with E-state index >= 15 is 0 Å². The van der Waals surface area contributed by atoms with E-state index in [0.717, 1.165) is 26.8 Å². The Morgan fingerprint density at radius 3 is 2.56 bits per heavy atom. The number of aromatic nitrogens is 4. The molecular weight excluding hydrogens is 378 g/mol. The van der Waals surface area contributed by atoms with Crippen molar-refractivity contribution in [2.75, 3.05) is 5.32 Å². The highest BCUT2D eigenvalue weighted by Gasteiger charge is 2.23. The number of fused-ring (bicyclic) bond motifs is 1. The van der Waals surface area contributed by atoms with E-state index in [-0.39, 0.29) is 11.4 Å². The average Bonchev–Trinajstić information content (AvgIpc) is 3.12. The Morgan fingerprint density at radius 2 is 1.78 bits per heavy atom. The van der Waals surface area contributed by atoms with E-state index in [1.165, 1.54) is 0 Å². The number of benzene rings is 2. The van der Waals surface area contributed by atoms with Crippen LogP contribution in [0.15, 0.2) is 77.8 Å². The first kappa shape index (κ1) is 17.8. The maximum absolute atomic E-state index is 6.01. The summed E-state index contributed by atoms with van der Waals surface area (Å²) in [6.45, 7) is 2.16. The SMILES string of the molecule is C[C@H](Sc1ccc(Cl)cc1)[C@H](Nc1ccccn1)n1nnc2ccccc21. The van der Waals surface area contributed by atoms with E-state index in [0.29, 0.717) is 0 Å². The molecule has 4 aromatic rings. The number of halogens is 1. The fourth-order valence-corrected chi connectivity index (χ4v) is 4.02. The van der Waals surface area contributed by atoms with Crippen LogP contribution in [0.25, 0.3) is 11.0 Å². The van der Waals surface area contributed by atoms with Gasteiger partial charge in [-0.1, -0.05) is 35.0 Å². The van der Waals surface area contributed by atoms with Gasteiger partial charge in [0.2, 0.25) is 0 Å². The van der Waals surface area contributed by atoms with Gasteiger partial charge in [-0.2, -0.15) is 0 Å². The topological polar surface area (TPSA) is 55.6 Å². The van der Waals surface area contributed by atoms with Gasteiger partial charge in [-0.3, -0.25) is 0 Å². The molecule has 2 aromatic heterocycles. The van der Waals surface area contributed by atoms with Crippen molar-refractivity contribution in [2.24, 2.45) is 0 Å². The standard InChI is InChI=1S/C20H18ClN5S/c1-14(27-16-11-9-15(21)10-12-16)20(23-19-8-4-5-13-22-19)26-18-7-3-2-6-17(18)24-25-26/h2-14,20H,1H3,(H,22,23)/t14-,20+/m0/s1. The quantitative estimate of drug-likeness (QED) is 0.450. The lowest BCUT2D eigenvalue weighted by Crippen LogP contribution is -2.28. The molecule has 2 atom stereocenters. The molecule has 2 heterocycles. The number of hydrogen-bond donors (Lipinski definition) is 1. The Balaban J connectivity index is 1.67. The predicted octanol–water partition coefficient (Wildman–Crippen LogP) is 5.27. The maximum atomic E-state index is 6.01. The van der Waals surface area contributed by atoms with E-state index in [1.807, 2.05) is 71.4 Å². The van der Waals surface area contributed by atoms with Crippen LogP contribution in [-0.4, -0.2) is 25.2 Å². The van der Waals surface area contributed by atoms with Crippen molar-refractivity contribution in [3.63, 3.8) is 0 Å². The lowest BCUT2D eigenvalue weighted by atomic mass is 10.3. The molecule has 0 aliphatic carbocycles. The van der Waals surface area contributed by atoms with E-state index in [1.54, 1.807) is 18.0 Å². The summed E-state index contributed by atoms with van der Waals surface area (Å²) in [5.41, 5.74) is 1.85. The lowest BCUT2D eigenvalue weighted by molar-refractivity contribution is 0.498. The minimum Gasteiger partial charge on any atom is -0.347 e. The highest BCUT2D eigenvalue weighted by molar-refractivity contribution is 8.00. The smallest absolute Gasteiger partial charge is 0.136 e. The van der Waals surface area contributed by atoms with Gasteiger partial charge in [-0.15, -0.1) is 16.9 Å². The van der Waals surface area contributed by atoms with E-state index in [9.17, 15) is 0 Å². The maximum Gasteiger partial charge on any atom is 0.136 e. The van der Waals surface area contributed by atoms with Crippen molar-refractivity contribution < 1.29 is 0 Å². The first-order valence-corrected chi connectivity index (χ1v) is 9.86. The van der Waals surface area contributed by atoms with Gasteiger partial charge in [-0.05, 0) is 55.5 Å². The van der Waals surface area contributed by atoms with Crippen molar-refractivity contribution in [3.8, 4) is 0 Å². The third kappa shape index (κ3) is 4.07. The second-order valence-electron chi connectivity index (χ2n) is 6.10. The zero-order valence-corrected chi connectivity index (χ0v) is 16.2. The highest BCUT2D eigenvalue weighted by Crippen LogP contribution is 2.32. The van der Waals surface area contributed by atoms with Gasteiger partial charge in [0.25, 0.3) is 0 Å². The summed E-state index contributed by atoms with van der Waals surface area (Å²) in [7, 11) is 0. The summed E-state index contributed by atoms with van der Waals surface area (Å²) in [4.78, 5) is 5.55. The van der Waals surface area contributed by atoms with Crippen LogP contribution in [0.3, 0.4) is 0 Å². The molecule has 0 fully saturated rings. The number of nitrogens with zero attached hydrogens (tertiary/aromatic N) is 4. The molecule has 0 amide bonds. The molecule has 136 valence electrons. The van der Waals surface area contributed by atoms with Crippen molar-refractivity contribution in [1.29, 1.82) is 0 Å². The van der Waals surface area contributed by atoms with Crippen molar-refractivity contribution in [1.82, 2.24) is 20.0 Å². The number of para-hydroxylation sites is 1. The second-order valence-corrected chi connectivity index (χ2v) is 7.99. The number of anilines is 1. The number of rotatable bonds is 6. The summed E-state index contributed by atoms with van der Waals surface area (Å²) in [5, 5.41) is 13.1. The minimum absolute atomic E-state index is 0.132. The molecule has 7 heteroatoms. The van der Waals surface area contributed by atoms with Crippen LogP contribution in [0.2, 0.25) is 5.02 Å². The fraction of sp³-hybridized carbons (Fsp3) is 0.150. The van der Waals surface area contributed by atoms with Crippen molar-refractivity contribution in [2.45, 2.75) is 23.2 Å². The molecular formula is C20H18ClN5S. The molecule has 0 aliphatic heterocycles. The summed E-state index contributed by atoms with van der Waals surface area (Å²) in [5.74, 6) is 0.797. The number of pyridine rings is 1. The zero-order chi connectivity index (χ0) is 18.6. The minimum atomic E-state index is -0.132. The van der Waals surface area contributed by atoms with Crippen LogP contribution >= 0.6 is 23.4 Å². The molecule has 1 N–H and O–H groups in total. The van der Waals surface area contributed by atoms with Gasteiger partial charge in [0.1, 0.15) is 17.5 Å². The Hall–Kier alpha value is -2.57. The van der Waals surface area contributed by atoms with Crippen LogP contribution in [-0.2, 0) is 0 Å². The molecule has 0 radical (unpaired) electrons. The van der Waals surface area contributed by atoms with Crippen molar-refractivity contribution >= 4 is 40.2 Å². The lowest BCUT2D eigenvalue weighted by Gasteiger charge is -2.26. The molecule has 4 rings (SSSR count). The Morgan fingerprint density at radius 1 is 1.00 bits per heavy atom. The first-order valence-electron chi connectivity index (χ1n) is 8.60. The molecule has 0 bridgehead atoms. The third-order valence-corrected chi connectivity index (χ3v) is 5.61. The summed E-state index contributed by atoms with van der Waals surface area (Å²) < 4.78 is 1.93. The van der Waals surface area contributed by atoms with Gasteiger partial charge in [0, 0.05) is 21.4 Å². The highest BCUT2D eigenvalue weighted by atomic mass is 35.5. The number of thioether (sulfide) groups is 1. The van der Waals surface area contributed by atoms with Gasteiger partial charge < -0.3 is 5.32 Å². The fourth-order valence-electron chi connectivity index (χ4n) is 2.86. The molecule has 5 nitrogen and oxygen atoms in total. The van der Waals surface area contributed by atoms with Crippen LogP contribution < -0.4 is 5.32 Å². The average molecular weight is 396 g/mol. The summed E-state index contributed by atoms with van der Waals surface area (Å²) in [6, 6.07) is 21.6. The van der Waals surface area contributed by atoms with Gasteiger partial charge in [0.15, 0.2) is 0 Å². The van der Waals surface area contributed by atoms with Crippen LogP contribution in [0, 0.1) is 0 Å². The second kappa shape index (κ2) is 7.98. The summed E-state index contributed by atoms with van der Waals surface area (Å²) in [6.07, 6.45) is 1.64. The van der Waals surface area contributed by atoms with Crippen molar-refractivity contribution in [3.05, 3.63) is 77.9 Å². The summed E-state index contributed by atoms with van der Waals surface area (Å²) >= 11 is 7.76. The Bertz CT molecular complexity index is 1020. The number of hydrogen-bond acceptors (Lipinski definition) is 5. The molecule has 0 aliphatic rings. The van der Waals surface area contributed by atoms with Crippen LogP contribution in [0.5, 0.6) is 0 Å². The molecule has 0 spiro atoms. The first-order chi connectivity index (χ1) is 13.2. The zero-order valence-electron chi connectivity index (χ0n) is 14.7. The monoisotopic (exact) mass is 395 g/mol. The van der Waals surface area contributed by atoms with E-state index < -0.39 is 0 Å². The molecule has 0 unspecified atom stereocenters. The molecule has 0 saturated heterocycles. The number of nitrogens with one attached hydrogen (secondary N) is 1. The van der Waals surface area contributed by atoms with Crippen LogP contribution in [0.4, 0.5) is 5.82 Å². The normalized spacial score (nSPS) is 13.4. The van der Waals surface area contributed by atoms with Crippen LogP contribution in [0.1, 0.15) is 13.1 Å². The molecule has 2 aromatic carbocycles. The van der Waals surface area contributed by atoms with Gasteiger partial charge in [0.05, 0.1) is 5.52 Å². The van der Waals surface area contributed by atoms with E-state index in [2.05, 4.69) is 27.5 Å².